The average Bonchev–Trinajstić information content (AvgIpc) is 3.06. The first kappa shape index (κ1) is 23.0. The Balaban J connectivity index is 1.81. The molecular weight excluding hydrogens is 433 g/mol. The highest BCUT2D eigenvalue weighted by molar-refractivity contribution is 8.00. The van der Waals surface area contributed by atoms with Gasteiger partial charge in [0.15, 0.2) is 5.82 Å². The number of aromatic nitrogens is 1. The first-order valence-corrected chi connectivity index (χ1v) is 10.8. The number of hydrogen-bond donors (Lipinski definition) is 1. The highest BCUT2D eigenvalue weighted by atomic mass is 35.5. The number of anilines is 2. The normalized spacial score (nSPS) is 19.6. The fourth-order valence-electron chi connectivity index (χ4n) is 3.69. The van der Waals surface area contributed by atoms with Crippen molar-refractivity contribution >= 4 is 35.1 Å². The van der Waals surface area contributed by atoms with Crippen molar-refractivity contribution < 1.29 is 13.2 Å². The second-order valence-corrected chi connectivity index (χ2v) is 9.98. The summed E-state index contributed by atoms with van der Waals surface area (Å²) in [7, 11) is 2.07. The van der Waals surface area contributed by atoms with Crippen LogP contribution in [0.4, 0.5) is 24.7 Å². The van der Waals surface area contributed by atoms with Crippen LogP contribution in [-0.4, -0.2) is 41.1 Å². The van der Waals surface area contributed by atoms with Gasteiger partial charge in [-0.25, -0.2) is 13.8 Å². The highest BCUT2D eigenvalue weighted by Gasteiger charge is 2.42. The van der Waals surface area contributed by atoms with E-state index in [-0.39, 0.29) is 26.8 Å². The Kier molecular flexibility index (Phi) is 6.51. The van der Waals surface area contributed by atoms with E-state index >= 15 is 0 Å². The minimum atomic E-state index is -0.849. The molecule has 164 valence electrons. The molecule has 1 aromatic carbocycles. The van der Waals surface area contributed by atoms with E-state index in [2.05, 4.69) is 49.3 Å². The van der Waals surface area contributed by atoms with Crippen molar-refractivity contribution in [2.24, 2.45) is 0 Å². The predicted octanol–water partition coefficient (Wildman–Crippen LogP) is 5.97. The standard InChI is InChI=1S/C21H26ClF3N4S/c1-20(2,3)28(5)21(4)9-10-29(12-21)14-11-13(23)19(18(25)17(14)22)30-27-16-8-6-7-15(24)26-16/h6-8,11H,9-10,12H2,1-5H3,(H,26,27)/t21-/m1/s1. The van der Waals surface area contributed by atoms with Gasteiger partial charge in [0.1, 0.15) is 21.6 Å². The molecule has 1 N–H and O–H groups in total. The van der Waals surface area contributed by atoms with E-state index in [9.17, 15) is 13.2 Å². The van der Waals surface area contributed by atoms with Crippen molar-refractivity contribution in [2.75, 3.05) is 29.8 Å². The number of likely N-dealkylation sites (N-methyl/N-ethyl adjacent to an activating group) is 1. The van der Waals surface area contributed by atoms with Crippen LogP contribution in [0, 0.1) is 17.6 Å². The summed E-state index contributed by atoms with van der Waals surface area (Å²) >= 11 is 6.97. The molecule has 9 heteroatoms. The summed E-state index contributed by atoms with van der Waals surface area (Å²) in [4.78, 5) is 7.54. The lowest BCUT2D eigenvalue weighted by atomic mass is 9.93. The molecule has 0 saturated carbocycles. The molecule has 3 rings (SSSR count). The van der Waals surface area contributed by atoms with Crippen molar-refractivity contribution in [2.45, 2.75) is 50.1 Å². The largest absolute Gasteiger partial charge is 0.368 e. The van der Waals surface area contributed by atoms with Crippen molar-refractivity contribution in [1.82, 2.24) is 9.88 Å². The third-order valence-electron chi connectivity index (χ3n) is 5.68. The molecule has 0 bridgehead atoms. The van der Waals surface area contributed by atoms with Crippen LogP contribution >= 0.6 is 23.5 Å². The van der Waals surface area contributed by atoms with Gasteiger partial charge in [0.05, 0.1) is 5.69 Å². The van der Waals surface area contributed by atoms with Gasteiger partial charge in [-0.1, -0.05) is 17.7 Å². The Hall–Kier alpha value is -1.64. The molecule has 0 spiro atoms. The van der Waals surface area contributed by atoms with E-state index < -0.39 is 17.6 Å². The van der Waals surface area contributed by atoms with E-state index in [4.69, 9.17) is 11.6 Å². The lowest BCUT2D eigenvalue weighted by molar-refractivity contribution is 0.0589. The maximum absolute atomic E-state index is 14.9. The first-order valence-electron chi connectivity index (χ1n) is 9.64. The molecule has 0 amide bonds. The van der Waals surface area contributed by atoms with E-state index in [1.54, 1.807) is 0 Å². The zero-order valence-corrected chi connectivity index (χ0v) is 19.3. The zero-order valence-electron chi connectivity index (χ0n) is 17.7. The second kappa shape index (κ2) is 8.48. The summed E-state index contributed by atoms with van der Waals surface area (Å²) < 4.78 is 45.6. The van der Waals surface area contributed by atoms with Gasteiger partial charge in [-0.2, -0.15) is 4.39 Å². The van der Waals surface area contributed by atoms with Crippen LogP contribution in [0.2, 0.25) is 5.02 Å². The monoisotopic (exact) mass is 458 g/mol. The quantitative estimate of drug-likeness (QED) is 0.339. The molecule has 0 aliphatic carbocycles. The summed E-state index contributed by atoms with van der Waals surface area (Å²) in [5, 5.41) is -0.129. The Morgan fingerprint density at radius 3 is 2.60 bits per heavy atom. The van der Waals surface area contributed by atoms with Crippen LogP contribution in [-0.2, 0) is 0 Å². The molecule has 1 aromatic heterocycles. The van der Waals surface area contributed by atoms with Crippen molar-refractivity contribution in [3.05, 3.63) is 46.9 Å². The van der Waals surface area contributed by atoms with Crippen LogP contribution in [0.15, 0.2) is 29.2 Å². The second-order valence-electron chi connectivity index (χ2n) is 8.78. The summed E-state index contributed by atoms with van der Waals surface area (Å²) in [5.74, 6) is -2.12. The van der Waals surface area contributed by atoms with Crippen molar-refractivity contribution in [3.63, 3.8) is 0 Å². The molecule has 1 aliphatic rings. The molecule has 1 fully saturated rings. The smallest absolute Gasteiger partial charge is 0.214 e. The third kappa shape index (κ3) is 4.65. The highest BCUT2D eigenvalue weighted by Crippen LogP contribution is 2.41. The van der Waals surface area contributed by atoms with Gasteiger partial charge in [0, 0.05) is 30.2 Å². The number of nitrogens with one attached hydrogen (secondary N) is 1. The fourth-order valence-corrected chi connectivity index (χ4v) is 4.69. The van der Waals surface area contributed by atoms with Crippen LogP contribution < -0.4 is 9.62 Å². The maximum Gasteiger partial charge on any atom is 0.214 e. The van der Waals surface area contributed by atoms with Gasteiger partial charge in [0.25, 0.3) is 0 Å². The van der Waals surface area contributed by atoms with Crippen LogP contribution in [0.3, 0.4) is 0 Å². The SMILES string of the molecule is CN(C(C)(C)C)[C@]1(C)CCN(c2cc(F)c(SNc3cccc(F)n3)c(F)c2Cl)C1. The Morgan fingerprint density at radius 2 is 1.97 bits per heavy atom. The van der Waals surface area contributed by atoms with E-state index in [1.165, 1.54) is 24.3 Å². The molecule has 1 saturated heterocycles. The van der Waals surface area contributed by atoms with E-state index in [0.717, 1.165) is 6.42 Å². The molecule has 0 unspecified atom stereocenters. The maximum atomic E-state index is 14.9. The summed E-state index contributed by atoms with van der Waals surface area (Å²) in [6.45, 7) is 9.82. The summed E-state index contributed by atoms with van der Waals surface area (Å²) in [6.07, 6.45) is 0.851. The molecule has 1 aliphatic heterocycles. The molecule has 2 heterocycles. The zero-order chi connectivity index (χ0) is 22.3. The van der Waals surface area contributed by atoms with Crippen LogP contribution in [0.25, 0.3) is 0 Å². The van der Waals surface area contributed by atoms with Gasteiger partial charge >= 0.3 is 0 Å². The van der Waals surface area contributed by atoms with Crippen LogP contribution in [0.5, 0.6) is 0 Å². The number of halogens is 4. The van der Waals surface area contributed by atoms with E-state index in [1.807, 2.05) is 4.90 Å². The van der Waals surface area contributed by atoms with Gasteiger partial charge in [-0.15, -0.1) is 0 Å². The number of hydrogen-bond acceptors (Lipinski definition) is 5. The third-order valence-corrected chi connectivity index (χ3v) is 6.93. The Morgan fingerprint density at radius 1 is 1.27 bits per heavy atom. The average molecular weight is 459 g/mol. The molecule has 4 nitrogen and oxygen atoms in total. The number of rotatable bonds is 5. The van der Waals surface area contributed by atoms with Crippen molar-refractivity contribution in [1.29, 1.82) is 0 Å². The Labute approximate surface area is 184 Å². The molecule has 0 radical (unpaired) electrons. The number of nitrogens with zero attached hydrogens (tertiary/aromatic N) is 3. The lowest BCUT2D eigenvalue weighted by Crippen LogP contribution is -2.54. The summed E-state index contributed by atoms with van der Waals surface area (Å²) in [6, 6.07) is 5.40. The lowest BCUT2D eigenvalue weighted by Gasteiger charge is -2.44. The number of pyridine rings is 1. The van der Waals surface area contributed by atoms with Gasteiger partial charge in [-0.3, -0.25) is 4.90 Å². The predicted molar refractivity (Wildman–Crippen MR) is 118 cm³/mol. The molecule has 2 aromatic rings. The van der Waals surface area contributed by atoms with Crippen LogP contribution in [0.1, 0.15) is 34.1 Å². The van der Waals surface area contributed by atoms with Gasteiger partial charge in [0.2, 0.25) is 5.95 Å². The Bertz CT molecular complexity index is 937. The van der Waals surface area contributed by atoms with Crippen molar-refractivity contribution in [3.8, 4) is 0 Å². The molecule has 30 heavy (non-hydrogen) atoms. The van der Waals surface area contributed by atoms with Gasteiger partial charge < -0.3 is 9.62 Å². The van der Waals surface area contributed by atoms with Gasteiger partial charge in [-0.05, 0) is 65.2 Å². The first-order chi connectivity index (χ1) is 13.9. The topological polar surface area (TPSA) is 31.4 Å². The number of benzene rings is 1. The summed E-state index contributed by atoms with van der Waals surface area (Å²) in [5.41, 5.74) is 0.153. The minimum Gasteiger partial charge on any atom is -0.368 e. The van der Waals surface area contributed by atoms with E-state index in [0.29, 0.717) is 30.7 Å². The molecule has 1 atom stereocenters. The fraction of sp³-hybridized carbons (Fsp3) is 0.476. The minimum absolute atomic E-state index is 0.0395. The molecular formula is C21H26ClF3N4S.